The molecule has 2 aromatic rings. The first-order valence-corrected chi connectivity index (χ1v) is 9.54. The molecule has 26 heavy (non-hydrogen) atoms. The van der Waals surface area contributed by atoms with E-state index >= 15 is 0 Å². The standard InChI is InChI=1S/C22H26FNO2/c23-19-6-8-20(9-7-19)26-22-13-18-15-24(14-17(18)12-21(22)25)11-10-16-4-2-1-3-5-16/h1-9,17-18,21-22,25H,10-15H2/t17-,18+,21+,22+/m0/s1. The Labute approximate surface area is 154 Å². The van der Waals surface area contributed by atoms with Crippen LogP contribution in [-0.2, 0) is 6.42 Å². The molecule has 0 amide bonds. The Kier molecular flexibility index (Phi) is 5.23. The molecule has 138 valence electrons. The number of hydrogen-bond donors (Lipinski definition) is 1. The van der Waals surface area contributed by atoms with Gasteiger partial charge in [-0.1, -0.05) is 30.3 Å². The van der Waals surface area contributed by atoms with Crippen LogP contribution in [0.4, 0.5) is 4.39 Å². The number of ether oxygens (including phenoxy) is 1. The van der Waals surface area contributed by atoms with Gasteiger partial charge < -0.3 is 14.7 Å². The molecule has 3 nitrogen and oxygen atoms in total. The average Bonchev–Trinajstić information content (AvgIpc) is 3.04. The number of halogens is 1. The number of aliphatic hydroxyl groups is 1. The lowest BCUT2D eigenvalue weighted by Crippen LogP contribution is -2.42. The second kappa shape index (κ2) is 7.77. The number of rotatable bonds is 5. The van der Waals surface area contributed by atoms with Crippen LogP contribution >= 0.6 is 0 Å². The first-order valence-electron chi connectivity index (χ1n) is 9.54. The minimum absolute atomic E-state index is 0.198. The van der Waals surface area contributed by atoms with E-state index in [1.165, 1.54) is 17.7 Å². The highest BCUT2D eigenvalue weighted by Gasteiger charge is 2.42. The fraction of sp³-hybridized carbons (Fsp3) is 0.455. The van der Waals surface area contributed by atoms with Crippen LogP contribution in [0.15, 0.2) is 54.6 Å². The topological polar surface area (TPSA) is 32.7 Å². The summed E-state index contributed by atoms with van der Waals surface area (Å²) >= 11 is 0. The Bertz CT molecular complexity index is 706. The highest BCUT2D eigenvalue weighted by Crippen LogP contribution is 2.38. The van der Waals surface area contributed by atoms with Crippen LogP contribution in [-0.4, -0.2) is 41.8 Å². The molecule has 1 heterocycles. The van der Waals surface area contributed by atoms with Crippen molar-refractivity contribution in [2.45, 2.75) is 31.5 Å². The van der Waals surface area contributed by atoms with Crippen molar-refractivity contribution < 1.29 is 14.2 Å². The van der Waals surface area contributed by atoms with Crippen LogP contribution in [0.5, 0.6) is 5.75 Å². The number of aliphatic hydroxyl groups excluding tert-OH is 1. The zero-order valence-corrected chi connectivity index (χ0v) is 14.9. The van der Waals surface area contributed by atoms with Crippen LogP contribution in [0.2, 0.25) is 0 Å². The third kappa shape index (κ3) is 4.08. The molecule has 4 heteroatoms. The first-order chi connectivity index (χ1) is 12.7. The summed E-state index contributed by atoms with van der Waals surface area (Å²) in [4.78, 5) is 2.52. The minimum atomic E-state index is -0.449. The van der Waals surface area contributed by atoms with Crippen molar-refractivity contribution in [2.75, 3.05) is 19.6 Å². The second-order valence-electron chi connectivity index (χ2n) is 7.66. The van der Waals surface area contributed by atoms with E-state index in [0.29, 0.717) is 17.6 Å². The van der Waals surface area contributed by atoms with Crippen molar-refractivity contribution in [3.8, 4) is 5.75 Å². The Morgan fingerprint density at radius 2 is 1.65 bits per heavy atom. The third-order valence-electron chi connectivity index (χ3n) is 5.82. The lowest BCUT2D eigenvalue weighted by molar-refractivity contribution is -0.0231. The molecule has 0 unspecified atom stereocenters. The predicted molar refractivity (Wildman–Crippen MR) is 99.6 cm³/mol. The summed E-state index contributed by atoms with van der Waals surface area (Å²) in [5.74, 6) is 1.48. The maximum atomic E-state index is 13.0. The number of nitrogens with zero attached hydrogens (tertiary/aromatic N) is 1. The number of fused-ring (bicyclic) bond motifs is 1. The number of likely N-dealkylation sites (tertiary alicyclic amines) is 1. The van der Waals surface area contributed by atoms with Crippen LogP contribution < -0.4 is 4.74 Å². The van der Waals surface area contributed by atoms with Gasteiger partial charge in [0.1, 0.15) is 17.7 Å². The van der Waals surface area contributed by atoms with E-state index in [0.717, 1.165) is 38.9 Å². The third-order valence-corrected chi connectivity index (χ3v) is 5.82. The zero-order valence-electron chi connectivity index (χ0n) is 14.9. The monoisotopic (exact) mass is 355 g/mol. The van der Waals surface area contributed by atoms with Gasteiger partial charge in [-0.25, -0.2) is 4.39 Å². The van der Waals surface area contributed by atoms with E-state index in [-0.39, 0.29) is 11.9 Å². The lowest BCUT2D eigenvalue weighted by atomic mass is 9.78. The largest absolute Gasteiger partial charge is 0.488 e. The van der Waals surface area contributed by atoms with Crippen LogP contribution in [0.3, 0.4) is 0 Å². The normalized spacial score (nSPS) is 28.7. The molecule has 4 rings (SSSR count). The maximum Gasteiger partial charge on any atom is 0.125 e. The molecule has 2 aromatic carbocycles. The van der Waals surface area contributed by atoms with Crippen molar-refractivity contribution in [1.29, 1.82) is 0 Å². The smallest absolute Gasteiger partial charge is 0.125 e. The van der Waals surface area contributed by atoms with E-state index < -0.39 is 6.10 Å². The van der Waals surface area contributed by atoms with E-state index in [1.54, 1.807) is 12.1 Å². The fourth-order valence-electron chi connectivity index (χ4n) is 4.42. The fourth-order valence-corrected chi connectivity index (χ4v) is 4.42. The van der Waals surface area contributed by atoms with Gasteiger partial charge in [-0.2, -0.15) is 0 Å². The van der Waals surface area contributed by atoms with E-state index in [4.69, 9.17) is 4.74 Å². The quantitative estimate of drug-likeness (QED) is 0.891. The van der Waals surface area contributed by atoms with Crippen molar-refractivity contribution in [2.24, 2.45) is 11.8 Å². The Morgan fingerprint density at radius 3 is 2.38 bits per heavy atom. The van der Waals surface area contributed by atoms with Crippen LogP contribution in [0, 0.1) is 17.7 Å². The summed E-state index contributed by atoms with van der Waals surface area (Å²) in [6, 6.07) is 16.7. The summed E-state index contributed by atoms with van der Waals surface area (Å²) in [6.07, 6.45) is 2.08. The maximum absolute atomic E-state index is 13.0. The molecule has 4 atom stereocenters. The minimum Gasteiger partial charge on any atom is -0.488 e. The van der Waals surface area contributed by atoms with Gasteiger partial charge in [0.15, 0.2) is 0 Å². The van der Waals surface area contributed by atoms with Gasteiger partial charge in [0.2, 0.25) is 0 Å². The van der Waals surface area contributed by atoms with Crippen LogP contribution in [0.25, 0.3) is 0 Å². The highest BCUT2D eigenvalue weighted by atomic mass is 19.1. The molecule has 1 saturated carbocycles. The van der Waals surface area contributed by atoms with Gasteiger partial charge in [-0.05, 0) is 60.9 Å². The SMILES string of the molecule is O[C@@H]1C[C@H]2CN(CCc3ccccc3)C[C@H]2C[C@H]1Oc1ccc(F)cc1. The van der Waals surface area contributed by atoms with Gasteiger partial charge in [-0.3, -0.25) is 0 Å². The van der Waals surface area contributed by atoms with Gasteiger partial charge in [0, 0.05) is 19.6 Å². The molecular formula is C22H26FNO2. The van der Waals surface area contributed by atoms with Crippen molar-refractivity contribution in [3.63, 3.8) is 0 Å². The molecule has 0 bridgehead atoms. The number of benzene rings is 2. The molecule has 0 aromatic heterocycles. The summed E-state index contributed by atoms with van der Waals surface area (Å²) < 4.78 is 19.0. The Hall–Kier alpha value is -1.91. The lowest BCUT2D eigenvalue weighted by Gasteiger charge is -2.35. The van der Waals surface area contributed by atoms with Crippen molar-refractivity contribution in [3.05, 3.63) is 66.0 Å². The number of hydrogen-bond acceptors (Lipinski definition) is 3. The molecular weight excluding hydrogens is 329 g/mol. The molecule has 0 radical (unpaired) electrons. The van der Waals surface area contributed by atoms with Crippen LogP contribution in [0.1, 0.15) is 18.4 Å². The van der Waals surface area contributed by atoms with Gasteiger partial charge >= 0.3 is 0 Å². The van der Waals surface area contributed by atoms with E-state index in [2.05, 4.69) is 35.2 Å². The average molecular weight is 355 g/mol. The van der Waals surface area contributed by atoms with Crippen molar-refractivity contribution >= 4 is 0 Å². The summed E-state index contributed by atoms with van der Waals surface area (Å²) in [5.41, 5.74) is 1.37. The van der Waals surface area contributed by atoms with Gasteiger partial charge in [0.05, 0.1) is 6.10 Å². The van der Waals surface area contributed by atoms with Gasteiger partial charge in [0.25, 0.3) is 0 Å². The summed E-state index contributed by atoms with van der Waals surface area (Å²) in [6.45, 7) is 3.21. The molecule has 0 spiro atoms. The predicted octanol–water partition coefficient (Wildman–Crippen LogP) is 3.52. The highest BCUT2D eigenvalue weighted by molar-refractivity contribution is 5.22. The second-order valence-corrected chi connectivity index (χ2v) is 7.66. The Morgan fingerprint density at radius 1 is 0.962 bits per heavy atom. The van der Waals surface area contributed by atoms with E-state index in [1.807, 2.05) is 0 Å². The molecule has 2 aliphatic rings. The summed E-state index contributed by atoms with van der Waals surface area (Å²) in [5, 5.41) is 10.5. The molecule has 1 saturated heterocycles. The molecule has 1 N–H and O–H groups in total. The zero-order chi connectivity index (χ0) is 17.9. The molecule has 2 fully saturated rings. The molecule has 1 aliphatic carbocycles. The Balaban J connectivity index is 1.32. The molecule has 1 aliphatic heterocycles. The van der Waals surface area contributed by atoms with Gasteiger partial charge in [-0.15, -0.1) is 0 Å². The van der Waals surface area contributed by atoms with Crippen molar-refractivity contribution in [1.82, 2.24) is 4.90 Å². The summed E-state index contributed by atoms with van der Waals surface area (Å²) in [7, 11) is 0. The van der Waals surface area contributed by atoms with E-state index in [9.17, 15) is 9.50 Å². The first kappa shape index (κ1) is 17.5.